The summed E-state index contributed by atoms with van der Waals surface area (Å²) in [6.45, 7) is 4.25. The number of rotatable bonds is 8. The molecule has 1 aromatic heterocycles. The quantitative estimate of drug-likeness (QED) is 0.780. The number of nitrogens with zero attached hydrogens (tertiary/aromatic N) is 2. The number of aromatic hydroxyl groups is 1. The number of nitrogens with one attached hydrogen (secondary N) is 1. The molecule has 6 heteroatoms. The number of hydrogen-bond donors (Lipinski definition) is 2. The molecule has 0 bridgehead atoms. The maximum atomic E-state index is 10.1. The Morgan fingerprint density at radius 2 is 2.24 bits per heavy atom. The van der Waals surface area contributed by atoms with Crippen molar-refractivity contribution in [3.05, 3.63) is 36.2 Å². The predicted octanol–water partition coefficient (Wildman–Crippen LogP) is 2.25. The molecule has 21 heavy (non-hydrogen) atoms. The predicted molar refractivity (Wildman–Crippen MR) is 80.7 cm³/mol. The topological polar surface area (TPSA) is 68.5 Å². The molecule has 0 atom stereocenters. The van der Waals surface area contributed by atoms with Crippen molar-refractivity contribution in [1.29, 1.82) is 0 Å². The maximum Gasteiger partial charge on any atom is 0.162 e. The van der Waals surface area contributed by atoms with E-state index in [1.165, 1.54) is 0 Å². The lowest BCUT2D eigenvalue weighted by molar-refractivity contribution is 0.183. The van der Waals surface area contributed by atoms with E-state index in [-0.39, 0.29) is 5.75 Å². The molecule has 0 radical (unpaired) electrons. The van der Waals surface area contributed by atoms with Gasteiger partial charge in [-0.1, -0.05) is 12.1 Å². The first-order chi connectivity index (χ1) is 10.2. The minimum absolute atomic E-state index is 0.179. The summed E-state index contributed by atoms with van der Waals surface area (Å²) in [6.07, 6.45) is 3.65. The highest BCUT2D eigenvalue weighted by molar-refractivity contribution is 5.48. The molecule has 0 aliphatic heterocycles. The van der Waals surface area contributed by atoms with E-state index < -0.39 is 0 Å². The standard InChI is InChI=1S/C15H21N3O3/c1-3-21-14-6-4-5-12(15(14)19)9-16-13-10-17-18(11-13)7-8-20-2/h4-6,10-11,16,19H,3,7-9H2,1-2H3. The molecule has 0 saturated carbocycles. The number of benzene rings is 1. The lowest BCUT2D eigenvalue weighted by Crippen LogP contribution is -2.04. The van der Waals surface area contributed by atoms with Gasteiger partial charge in [0.25, 0.3) is 0 Å². The number of phenols is 1. The average molecular weight is 291 g/mol. The largest absolute Gasteiger partial charge is 0.504 e. The van der Waals surface area contributed by atoms with Gasteiger partial charge in [0.15, 0.2) is 11.5 Å². The Morgan fingerprint density at radius 1 is 1.38 bits per heavy atom. The van der Waals surface area contributed by atoms with Gasteiger partial charge in [0.1, 0.15) is 0 Å². The summed E-state index contributed by atoms with van der Waals surface area (Å²) >= 11 is 0. The number of phenolic OH excluding ortho intramolecular Hbond substituents is 1. The number of ether oxygens (including phenoxy) is 2. The molecule has 2 rings (SSSR count). The summed E-state index contributed by atoms with van der Waals surface area (Å²) in [6, 6.07) is 5.48. The molecule has 0 saturated heterocycles. The average Bonchev–Trinajstić information content (AvgIpc) is 2.94. The van der Waals surface area contributed by atoms with E-state index in [2.05, 4.69) is 10.4 Å². The second kappa shape index (κ2) is 7.54. The van der Waals surface area contributed by atoms with Crippen LogP contribution in [0.2, 0.25) is 0 Å². The fourth-order valence-electron chi connectivity index (χ4n) is 1.94. The van der Waals surface area contributed by atoms with Crippen molar-refractivity contribution in [2.45, 2.75) is 20.0 Å². The summed E-state index contributed by atoms with van der Waals surface area (Å²) in [4.78, 5) is 0. The van der Waals surface area contributed by atoms with E-state index >= 15 is 0 Å². The molecule has 2 aromatic rings. The van der Waals surface area contributed by atoms with Crippen LogP contribution in [-0.4, -0.2) is 35.2 Å². The first-order valence-electron chi connectivity index (χ1n) is 6.93. The van der Waals surface area contributed by atoms with Gasteiger partial charge in [-0.3, -0.25) is 4.68 Å². The summed E-state index contributed by atoms with van der Waals surface area (Å²) in [5.74, 6) is 0.686. The zero-order chi connectivity index (χ0) is 15.1. The summed E-state index contributed by atoms with van der Waals surface area (Å²) < 4.78 is 12.2. The number of anilines is 1. The number of hydrogen-bond acceptors (Lipinski definition) is 5. The fraction of sp³-hybridized carbons (Fsp3) is 0.400. The van der Waals surface area contributed by atoms with E-state index in [9.17, 15) is 5.11 Å². The smallest absolute Gasteiger partial charge is 0.162 e. The number of methoxy groups -OCH3 is 1. The van der Waals surface area contributed by atoms with E-state index in [4.69, 9.17) is 9.47 Å². The first kappa shape index (κ1) is 15.2. The van der Waals surface area contributed by atoms with Gasteiger partial charge in [-0.25, -0.2) is 0 Å². The van der Waals surface area contributed by atoms with E-state index in [0.29, 0.717) is 32.1 Å². The molecular weight excluding hydrogens is 270 g/mol. The van der Waals surface area contributed by atoms with Crippen molar-refractivity contribution in [2.75, 3.05) is 25.6 Å². The first-order valence-corrected chi connectivity index (χ1v) is 6.93. The summed E-state index contributed by atoms with van der Waals surface area (Å²) in [7, 11) is 1.66. The molecule has 0 amide bonds. The van der Waals surface area contributed by atoms with Gasteiger partial charge in [-0.15, -0.1) is 0 Å². The van der Waals surface area contributed by atoms with Crippen LogP contribution in [0.1, 0.15) is 12.5 Å². The van der Waals surface area contributed by atoms with Gasteiger partial charge < -0.3 is 19.9 Å². The van der Waals surface area contributed by atoms with Crippen LogP contribution < -0.4 is 10.1 Å². The zero-order valence-corrected chi connectivity index (χ0v) is 12.4. The van der Waals surface area contributed by atoms with E-state index in [1.807, 2.05) is 29.9 Å². The molecule has 0 aliphatic rings. The highest BCUT2D eigenvalue weighted by atomic mass is 16.5. The second-order valence-electron chi connectivity index (χ2n) is 4.54. The van der Waals surface area contributed by atoms with Crippen molar-refractivity contribution in [3.8, 4) is 11.5 Å². The van der Waals surface area contributed by atoms with Gasteiger partial charge in [0.05, 0.1) is 31.6 Å². The van der Waals surface area contributed by atoms with Crippen LogP contribution in [0.15, 0.2) is 30.6 Å². The lowest BCUT2D eigenvalue weighted by atomic mass is 10.2. The van der Waals surface area contributed by atoms with Crippen molar-refractivity contribution < 1.29 is 14.6 Å². The second-order valence-corrected chi connectivity index (χ2v) is 4.54. The van der Waals surface area contributed by atoms with Crippen LogP contribution in [0, 0.1) is 0 Å². The Hall–Kier alpha value is -2.21. The van der Waals surface area contributed by atoms with Gasteiger partial charge in [0, 0.05) is 25.4 Å². The normalized spacial score (nSPS) is 10.6. The van der Waals surface area contributed by atoms with Crippen LogP contribution in [0.25, 0.3) is 0 Å². The van der Waals surface area contributed by atoms with Crippen LogP contribution in [0.3, 0.4) is 0 Å². The van der Waals surface area contributed by atoms with Crippen molar-refractivity contribution in [3.63, 3.8) is 0 Å². The monoisotopic (exact) mass is 291 g/mol. The molecule has 0 spiro atoms. The SMILES string of the molecule is CCOc1cccc(CNc2cnn(CCOC)c2)c1O. The molecule has 1 heterocycles. The van der Waals surface area contributed by atoms with Crippen LogP contribution in [-0.2, 0) is 17.8 Å². The highest BCUT2D eigenvalue weighted by Crippen LogP contribution is 2.30. The zero-order valence-electron chi connectivity index (χ0n) is 12.4. The van der Waals surface area contributed by atoms with E-state index in [1.54, 1.807) is 19.4 Å². The minimum Gasteiger partial charge on any atom is -0.504 e. The Bertz CT molecular complexity index is 569. The van der Waals surface area contributed by atoms with Crippen molar-refractivity contribution >= 4 is 5.69 Å². The molecule has 1 aromatic carbocycles. The fourth-order valence-corrected chi connectivity index (χ4v) is 1.94. The molecular formula is C15H21N3O3. The van der Waals surface area contributed by atoms with Crippen molar-refractivity contribution in [1.82, 2.24) is 9.78 Å². The molecule has 114 valence electrons. The van der Waals surface area contributed by atoms with Gasteiger partial charge in [-0.05, 0) is 13.0 Å². The number of aromatic nitrogens is 2. The molecule has 0 fully saturated rings. The summed E-state index contributed by atoms with van der Waals surface area (Å²) in [5.41, 5.74) is 1.68. The Labute approximate surface area is 124 Å². The lowest BCUT2D eigenvalue weighted by Gasteiger charge is -2.10. The molecule has 2 N–H and O–H groups in total. The number of para-hydroxylation sites is 1. The third-order valence-electron chi connectivity index (χ3n) is 3.02. The van der Waals surface area contributed by atoms with Crippen LogP contribution >= 0.6 is 0 Å². The molecule has 6 nitrogen and oxygen atoms in total. The van der Waals surface area contributed by atoms with Crippen molar-refractivity contribution in [2.24, 2.45) is 0 Å². The van der Waals surface area contributed by atoms with Gasteiger partial charge in [-0.2, -0.15) is 5.10 Å². The van der Waals surface area contributed by atoms with E-state index in [0.717, 1.165) is 11.3 Å². The minimum atomic E-state index is 0.179. The Kier molecular flexibility index (Phi) is 5.45. The highest BCUT2D eigenvalue weighted by Gasteiger charge is 2.08. The Morgan fingerprint density at radius 3 is 3.00 bits per heavy atom. The van der Waals surface area contributed by atoms with Gasteiger partial charge >= 0.3 is 0 Å². The summed E-state index contributed by atoms with van der Waals surface area (Å²) in [5, 5.41) is 17.6. The maximum absolute atomic E-state index is 10.1. The van der Waals surface area contributed by atoms with Crippen LogP contribution in [0.4, 0.5) is 5.69 Å². The molecule has 0 aliphatic carbocycles. The van der Waals surface area contributed by atoms with Gasteiger partial charge in [0.2, 0.25) is 0 Å². The Balaban J connectivity index is 1.96. The van der Waals surface area contributed by atoms with Crippen LogP contribution in [0.5, 0.6) is 11.5 Å². The third kappa shape index (κ3) is 4.13. The third-order valence-corrected chi connectivity index (χ3v) is 3.02. The molecule has 0 unspecified atom stereocenters.